The van der Waals surface area contributed by atoms with Crippen molar-refractivity contribution in [2.45, 2.75) is 20.4 Å². The normalized spacial score (nSPS) is 12.5. The molecule has 1 heterocycles. The monoisotopic (exact) mass is 227 g/mol. The van der Waals surface area contributed by atoms with Gasteiger partial charge in [0.15, 0.2) is 0 Å². The Morgan fingerprint density at radius 2 is 2.40 bits per heavy atom. The van der Waals surface area contributed by atoms with Crippen molar-refractivity contribution in [3.63, 3.8) is 0 Å². The van der Waals surface area contributed by atoms with E-state index in [-0.39, 0.29) is 11.8 Å². The third kappa shape index (κ3) is 3.97. The van der Waals surface area contributed by atoms with Gasteiger partial charge in [-0.05, 0) is 14.0 Å². The minimum absolute atomic E-state index is 0.00488. The van der Waals surface area contributed by atoms with Crippen molar-refractivity contribution in [2.75, 3.05) is 13.6 Å². The Kier molecular flexibility index (Phi) is 4.71. The Morgan fingerprint density at radius 3 is 2.93 bits per heavy atom. The molecule has 0 aliphatic rings. The number of rotatable bonds is 5. The zero-order valence-electron chi connectivity index (χ0n) is 9.33. The third-order valence-corrected chi connectivity index (χ3v) is 2.89. The molecule has 0 radical (unpaired) electrons. The van der Waals surface area contributed by atoms with Crippen LogP contribution in [0.1, 0.15) is 17.6 Å². The maximum absolute atomic E-state index is 11.5. The van der Waals surface area contributed by atoms with Crippen molar-refractivity contribution in [1.82, 2.24) is 15.6 Å². The highest BCUT2D eigenvalue weighted by molar-refractivity contribution is 7.09. The van der Waals surface area contributed by atoms with Crippen LogP contribution >= 0.6 is 11.3 Å². The van der Waals surface area contributed by atoms with Gasteiger partial charge in [-0.25, -0.2) is 4.98 Å². The zero-order chi connectivity index (χ0) is 11.3. The van der Waals surface area contributed by atoms with Crippen LogP contribution in [0.5, 0.6) is 0 Å². The van der Waals surface area contributed by atoms with Crippen molar-refractivity contribution < 1.29 is 4.79 Å². The van der Waals surface area contributed by atoms with Crippen molar-refractivity contribution in [3.05, 3.63) is 16.1 Å². The lowest BCUT2D eigenvalue weighted by Crippen LogP contribution is -2.33. The average Bonchev–Trinajstić information content (AvgIpc) is 2.61. The number of hydrogen-bond donors (Lipinski definition) is 2. The molecule has 0 aliphatic carbocycles. The Bertz CT molecular complexity index is 324. The van der Waals surface area contributed by atoms with Crippen molar-refractivity contribution >= 4 is 17.2 Å². The molecule has 1 rings (SSSR count). The van der Waals surface area contributed by atoms with Gasteiger partial charge in [-0.1, -0.05) is 6.92 Å². The second-order valence-corrected chi connectivity index (χ2v) is 4.60. The van der Waals surface area contributed by atoms with E-state index >= 15 is 0 Å². The molecule has 0 aromatic carbocycles. The Balaban J connectivity index is 2.34. The average molecular weight is 227 g/mol. The summed E-state index contributed by atoms with van der Waals surface area (Å²) in [6.07, 6.45) is 0. The van der Waals surface area contributed by atoms with E-state index in [2.05, 4.69) is 15.6 Å². The van der Waals surface area contributed by atoms with E-state index in [1.54, 1.807) is 11.3 Å². The molecule has 15 heavy (non-hydrogen) atoms. The van der Waals surface area contributed by atoms with Gasteiger partial charge in [-0.15, -0.1) is 11.3 Å². The van der Waals surface area contributed by atoms with Gasteiger partial charge >= 0.3 is 0 Å². The van der Waals surface area contributed by atoms with Gasteiger partial charge in [-0.3, -0.25) is 4.79 Å². The second-order valence-electron chi connectivity index (χ2n) is 3.53. The van der Waals surface area contributed by atoms with Crippen LogP contribution in [0, 0.1) is 12.8 Å². The van der Waals surface area contributed by atoms with E-state index < -0.39 is 0 Å². The Labute approximate surface area is 94.1 Å². The summed E-state index contributed by atoms with van der Waals surface area (Å²) in [6.45, 7) is 5.08. The molecule has 1 unspecified atom stereocenters. The molecule has 5 heteroatoms. The smallest absolute Gasteiger partial charge is 0.224 e. The van der Waals surface area contributed by atoms with E-state index in [1.807, 2.05) is 26.3 Å². The lowest BCUT2D eigenvalue weighted by atomic mass is 10.1. The SMILES string of the molecule is CNCC(C)C(=O)NCc1csc(C)n1. The van der Waals surface area contributed by atoms with E-state index in [4.69, 9.17) is 0 Å². The van der Waals surface area contributed by atoms with Gasteiger partial charge in [0.05, 0.1) is 17.2 Å². The molecule has 2 N–H and O–H groups in total. The largest absolute Gasteiger partial charge is 0.350 e. The van der Waals surface area contributed by atoms with Crippen LogP contribution in [0.2, 0.25) is 0 Å². The summed E-state index contributed by atoms with van der Waals surface area (Å²) < 4.78 is 0. The van der Waals surface area contributed by atoms with Crippen LogP contribution in [0.3, 0.4) is 0 Å². The number of thiazole rings is 1. The first-order valence-electron chi connectivity index (χ1n) is 4.96. The third-order valence-electron chi connectivity index (χ3n) is 2.07. The fraction of sp³-hybridized carbons (Fsp3) is 0.600. The highest BCUT2D eigenvalue weighted by Gasteiger charge is 2.11. The minimum Gasteiger partial charge on any atom is -0.350 e. The molecule has 0 saturated carbocycles. The summed E-state index contributed by atoms with van der Waals surface area (Å²) in [6, 6.07) is 0. The first-order chi connectivity index (χ1) is 7.13. The summed E-state index contributed by atoms with van der Waals surface area (Å²) >= 11 is 1.60. The molecule has 0 saturated heterocycles. The standard InChI is InChI=1S/C10H17N3OS/c1-7(4-11-3)10(14)12-5-9-6-15-8(2)13-9/h6-7,11H,4-5H2,1-3H3,(H,12,14). The summed E-state index contributed by atoms with van der Waals surface area (Å²) in [5, 5.41) is 8.84. The van der Waals surface area contributed by atoms with Crippen molar-refractivity contribution in [2.24, 2.45) is 5.92 Å². The lowest BCUT2D eigenvalue weighted by molar-refractivity contribution is -0.124. The van der Waals surface area contributed by atoms with E-state index in [1.165, 1.54) is 0 Å². The maximum atomic E-state index is 11.5. The minimum atomic E-state index is -0.00488. The fourth-order valence-corrected chi connectivity index (χ4v) is 1.85. The highest BCUT2D eigenvalue weighted by atomic mass is 32.1. The maximum Gasteiger partial charge on any atom is 0.224 e. The number of nitrogens with one attached hydrogen (secondary N) is 2. The number of aromatic nitrogens is 1. The number of aryl methyl sites for hydroxylation is 1. The summed E-state index contributed by atoms with van der Waals surface area (Å²) in [7, 11) is 1.84. The van der Waals surface area contributed by atoms with Crippen LogP contribution in [-0.2, 0) is 11.3 Å². The molecule has 84 valence electrons. The predicted octanol–water partition coefficient (Wildman–Crippen LogP) is 0.923. The first kappa shape index (κ1) is 12.1. The lowest BCUT2D eigenvalue weighted by Gasteiger charge is -2.10. The number of hydrogen-bond acceptors (Lipinski definition) is 4. The van der Waals surface area contributed by atoms with Gasteiger partial charge in [0, 0.05) is 17.8 Å². The summed E-state index contributed by atoms with van der Waals surface area (Å²) in [5.74, 6) is 0.0599. The summed E-state index contributed by atoms with van der Waals surface area (Å²) in [5.41, 5.74) is 0.933. The number of nitrogens with zero attached hydrogens (tertiary/aromatic N) is 1. The molecular formula is C10H17N3OS. The molecule has 1 aromatic rings. The molecule has 0 bridgehead atoms. The van der Waals surface area contributed by atoms with Crippen molar-refractivity contribution in [1.29, 1.82) is 0 Å². The van der Waals surface area contributed by atoms with Gasteiger partial charge < -0.3 is 10.6 Å². The van der Waals surface area contributed by atoms with Crippen LogP contribution in [0.25, 0.3) is 0 Å². The molecule has 0 fully saturated rings. The van der Waals surface area contributed by atoms with E-state index in [0.717, 1.165) is 10.7 Å². The topological polar surface area (TPSA) is 54.0 Å². The number of carbonyl (C=O) groups excluding carboxylic acids is 1. The van der Waals surface area contributed by atoms with Crippen molar-refractivity contribution in [3.8, 4) is 0 Å². The molecular weight excluding hydrogens is 210 g/mol. The van der Waals surface area contributed by atoms with Gasteiger partial charge in [0.1, 0.15) is 0 Å². The van der Waals surface area contributed by atoms with Crippen LogP contribution in [0.4, 0.5) is 0 Å². The second kappa shape index (κ2) is 5.82. The molecule has 1 aromatic heterocycles. The Morgan fingerprint density at radius 1 is 1.67 bits per heavy atom. The number of amides is 1. The van der Waals surface area contributed by atoms with E-state index in [0.29, 0.717) is 13.1 Å². The molecule has 1 atom stereocenters. The molecule has 0 spiro atoms. The predicted molar refractivity (Wildman–Crippen MR) is 61.8 cm³/mol. The fourth-order valence-electron chi connectivity index (χ4n) is 1.24. The molecule has 4 nitrogen and oxygen atoms in total. The molecule has 1 amide bonds. The van der Waals surface area contributed by atoms with Gasteiger partial charge in [0.2, 0.25) is 5.91 Å². The van der Waals surface area contributed by atoms with Gasteiger partial charge in [-0.2, -0.15) is 0 Å². The Hall–Kier alpha value is -0.940. The van der Waals surface area contributed by atoms with Crippen LogP contribution in [-0.4, -0.2) is 24.5 Å². The zero-order valence-corrected chi connectivity index (χ0v) is 10.1. The number of carbonyl (C=O) groups is 1. The molecule has 0 aliphatic heterocycles. The first-order valence-corrected chi connectivity index (χ1v) is 5.84. The highest BCUT2D eigenvalue weighted by Crippen LogP contribution is 2.07. The van der Waals surface area contributed by atoms with Crippen LogP contribution < -0.4 is 10.6 Å². The van der Waals surface area contributed by atoms with Gasteiger partial charge in [0.25, 0.3) is 0 Å². The van der Waals surface area contributed by atoms with E-state index in [9.17, 15) is 4.79 Å². The quantitative estimate of drug-likeness (QED) is 0.786. The van der Waals surface area contributed by atoms with Crippen LogP contribution in [0.15, 0.2) is 5.38 Å². The summed E-state index contributed by atoms with van der Waals surface area (Å²) in [4.78, 5) is 15.8.